The summed E-state index contributed by atoms with van der Waals surface area (Å²) in [5, 5.41) is 2.80. The van der Waals surface area contributed by atoms with Crippen molar-refractivity contribution in [3.63, 3.8) is 0 Å². The molecule has 0 saturated carbocycles. The van der Waals surface area contributed by atoms with E-state index in [1.807, 2.05) is 30.3 Å². The molecule has 0 aliphatic rings. The molecule has 0 aromatic heterocycles. The largest absolute Gasteiger partial charge is 0.467 e. The molecular weight excluding hydrogens is 218 g/mol. The highest BCUT2D eigenvalue weighted by Gasteiger charge is 2.20. The summed E-state index contributed by atoms with van der Waals surface area (Å²) in [6, 6.07) is 9.09. The third kappa shape index (κ3) is 3.98. The van der Waals surface area contributed by atoms with Crippen molar-refractivity contribution in [2.75, 3.05) is 7.11 Å². The Bertz CT molecular complexity index is 364. The van der Waals surface area contributed by atoms with E-state index in [1.54, 1.807) is 0 Å². The molecule has 0 amide bonds. The average molecular weight is 235 g/mol. The second-order valence-corrected chi connectivity index (χ2v) is 4.03. The highest BCUT2D eigenvalue weighted by molar-refractivity contribution is 5.75. The van der Waals surface area contributed by atoms with Crippen molar-refractivity contribution in [2.45, 2.75) is 31.7 Å². The van der Waals surface area contributed by atoms with Gasteiger partial charge in [-0.2, -0.15) is 0 Å². The van der Waals surface area contributed by atoms with Crippen molar-refractivity contribution in [3.05, 3.63) is 40.8 Å². The van der Waals surface area contributed by atoms with Gasteiger partial charge in [0.2, 0.25) is 0 Å². The summed E-state index contributed by atoms with van der Waals surface area (Å²) < 4.78 is 4.51. The number of benzene rings is 1. The normalized spacial score (nSPS) is 13.8. The molecule has 1 aromatic carbocycles. The fourth-order valence-electron chi connectivity index (χ4n) is 1.71. The Morgan fingerprint density at radius 1 is 1.29 bits per heavy atom. The SMILES string of the molecule is COC(=O)C(CCC(C)c1ccccc1)N=O. The average Bonchev–Trinajstić information content (AvgIpc) is 2.39. The molecule has 0 saturated heterocycles. The lowest BCUT2D eigenvalue weighted by Crippen LogP contribution is -2.20. The lowest BCUT2D eigenvalue weighted by molar-refractivity contribution is -0.142. The van der Waals surface area contributed by atoms with Gasteiger partial charge in [0.15, 0.2) is 6.04 Å². The molecule has 0 spiro atoms. The van der Waals surface area contributed by atoms with Gasteiger partial charge in [-0.3, -0.25) is 0 Å². The summed E-state index contributed by atoms with van der Waals surface area (Å²) in [6.45, 7) is 2.06. The van der Waals surface area contributed by atoms with Crippen LogP contribution in [-0.4, -0.2) is 19.1 Å². The van der Waals surface area contributed by atoms with Gasteiger partial charge < -0.3 is 4.74 Å². The van der Waals surface area contributed by atoms with Crippen LogP contribution in [0.25, 0.3) is 0 Å². The molecule has 92 valence electrons. The molecule has 4 heteroatoms. The number of hydrogen-bond donors (Lipinski definition) is 0. The van der Waals surface area contributed by atoms with Crippen molar-refractivity contribution < 1.29 is 9.53 Å². The summed E-state index contributed by atoms with van der Waals surface area (Å²) >= 11 is 0. The van der Waals surface area contributed by atoms with E-state index >= 15 is 0 Å². The Kier molecular flexibility index (Phi) is 5.33. The molecule has 1 aromatic rings. The number of nitrogens with zero attached hydrogens (tertiary/aromatic N) is 1. The summed E-state index contributed by atoms with van der Waals surface area (Å²) in [5.41, 5.74) is 1.20. The van der Waals surface area contributed by atoms with Crippen LogP contribution in [0.5, 0.6) is 0 Å². The van der Waals surface area contributed by atoms with Crippen molar-refractivity contribution in [1.29, 1.82) is 0 Å². The fourth-order valence-corrected chi connectivity index (χ4v) is 1.71. The molecule has 2 unspecified atom stereocenters. The molecule has 0 aliphatic heterocycles. The third-order valence-electron chi connectivity index (χ3n) is 2.84. The Morgan fingerprint density at radius 3 is 2.47 bits per heavy atom. The summed E-state index contributed by atoms with van der Waals surface area (Å²) in [7, 11) is 1.27. The Balaban J connectivity index is 2.50. The first-order valence-corrected chi connectivity index (χ1v) is 5.64. The first kappa shape index (κ1) is 13.4. The third-order valence-corrected chi connectivity index (χ3v) is 2.84. The zero-order valence-corrected chi connectivity index (χ0v) is 10.1. The van der Waals surface area contributed by atoms with Crippen molar-refractivity contribution in [1.82, 2.24) is 0 Å². The topological polar surface area (TPSA) is 55.7 Å². The number of carbonyl (C=O) groups excluding carboxylic acids is 1. The summed E-state index contributed by atoms with van der Waals surface area (Å²) in [6.07, 6.45) is 1.15. The predicted octanol–water partition coefficient (Wildman–Crippen LogP) is 2.88. The molecular formula is C13H17NO3. The number of carbonyl (C=O) groups is 1. The molecule has 2 atom stereocenters. The molecule has 4 nitrogen and oxygen atoms in total. The monoisotopic (exact) mass is 235 g/mol. The predicted molar refractivity (Wildman–Crippen MR) is 65.7 cm³/mol. The Hall–Kier alpha value is -1.71. The van der Waals surface area contributed by atoms with Gasteiger partial charge in [-0.05, 0) is 24.3 Å². The van der Waals surface area contributed by atoms with E-state index in [-0.39, 0.29) is 0 Å². The lowest BCUT2D eigenvalue weighted by atomic mass is 9.94. The highest BCUT2D eigenvalue weighted by atomic mass is 16.5. The van der Waals surface area contributed by atoms with E-state index in [2.05, 4.69) is 16.8 Å². The summed E-state index contributed by atoms with van der Waals surface area (Å²) in [4.78, 5) is 21.7. The van der Waals surface area contributed by atoms with E-state index in [0.717, 1.165) is 6.42 Å². The van der Waals surface area contributed by atoms with Crippen molar-refractivity contribution in [2.24, 2.45) is 5.18 Å². The molecule has 1 rings (SSSR count). The first-order chi connectivity index (χ1) is 8.19. The van der Waals surface area contributed by atoms with Crippen LogP contribution < -0.4 is 0 Å². The number of methoxy groups -OCH3 is 1. The minimum absolute atomic E-state index is 0.296. The van der Waals surface area contributed by atoms with E-state index in [1.165, 1.54) is 12.7 Å². The smallest absolute Gasteiger partial charge is 0.334 e. The summed E-state index contributed by atoms with van der Waals surface area (Å²) in [5.74, 6) is -0.259. The quantitative estimate of drug-likeness (QED) is 0.562. The standard InChI is InChI=1S/C13H17NO3/c1-10(11-6-4-3-5-7-11)8-9-12(14-16)13(15)17-2/h3-7,10,12H,8-9H2,1-2H3. The molecule has 0 heterocycles. The minimum Gasteiger partial charge on any atom is -0.467 e. The maximum atomic E-state index is 11.2. The van der Waals surface area contributed by atoms with E-state index in [0.29, 0.717) is 12.3 Å². The van der Waals surface area contributed by atoms with Crippen LogP contribution in [0.2, 0.25) is 0 Å². The van der Waals surface area contributed by atoms with Crippen LogP contribution in [0.15, 0.2) is 35.5 Å². The van der Waals surface area contributed by atoms with E-state index < -0.39 is 12.0 Å². The van der Waals surface area contributed by atoms with Gasteiger partial charge >= 0.3 is 5.97 Å². The van der Waals surface area contributed by atoms with Crippen LogP contribution in [0, 0.1) is 4.91 Å². The van der Waals surface area contributed by atoms with E-state index in [9.17, 15) is 9.70 Å². The molecule has 17 heavy (non-hydrogen) atoms. The van der Waals surface area contributed by atoms with Gasteiger partial charge in [0.1, 0.15) is 0 Å². The Morgan fingerprint density at radius 2 is 1.94 bits per heavy atom. The van der Waals surface area contributed by atoms with E-state index in [4.69, 9.17) is 0 Å². The maximum Gasteiger partial charge on any atom is 0.334 e. The van der Waals surface area contributed by atoms with Gasteiger partial charge in [-0.1, -0.05) is 42.4 Å². The molecule has 0 radical (unpaired) electrons. The van der Waals surface area contributed by atoms with Gasteiger partial charge in [0.05, 0.1) is 7.11 Å². The number of rotatable bonds is 6. The zero-order valence-electron chi connectivity index (χ0n) is 10.1. The molecule has 0 bridgehead atoms. The van der Waals surface area contributed by atoms with Crippen LogP contribution in [-0.2, 0) is 9.53 Å². The fraction of sp³-hybridized carbons (Fsp3) is 0.462. The lowest BCUT2D eigenvalue weighted by Gasteiger charge is -2.13. The number of nitroso groups, excluding NO2 is 1. The molecule has 0 N–H and O–H groups in total. The van der Waals surface area contributed by atoms with Crippen molar-refractivity contribution >= 4 is 5.97 Å². The number of esters is 1. The van der Waals surface area contributed by atoms with Crippen LogP contribution in [0.1, 0.15) is 31.2 Å². The first-order valence-electron chi connectivity index (χ1n) is 5.64. The Labute approximate surface area is 101 Å². The second kappa shape index (κ2) is 6.78. The molecule has 0 fully saturated rings. The number of hydrogen-bond acceptors (Lipinski definition) is 4. The van der Waals surface area contributed by atoms with Gasteiger partial charge in [-0.25, -0.2) is 4.79 Å². The zero-order chi connectivity index (χ0) is 12.7. The van der Waals surface area contributed by atoms with Crippen LogP contribution in [0.3, 0.4) is 0 Å². The van der Waals surface area contributed by atoms with Gasteiger partial charge in [0, 0.05) is 0 Å². The van der Waals surface area contributed by atoms with Crippen molar-refractivity contribution in [3.8, 4) is 0 Å². The van der Waals surface area contributed by atoms with Crippen LogP contribution >= 0.6 is 0 Å². The number of ether oxygens (including phenoxy) is 1. The minimum atomic E-state index is -0.883. The molecule has 0 aliphatic carbocycles. The van der Waals surface area contributed by atoms with Crippen LogP contribution in [0.4, 0.5) is 0 Å². The maximum absolute atomic E-state index is 11.2. The second-order valence-electron chi connectivity index (χ2n) is 4.03. The van der Waals surface area contributed by atoms with Gasteiger partial charge in [-0.15, -0.1) is 4.91 Å². The van der Waals surface area contributed by atoms with Gasteiger partial charge in [0.25, 0.3) is 0 Å². The highest BCUT2D eigenvalue weighted by Crippen LogP contribution is 2.21.